The van der Waals surface area contributed by atoms with Gasteiger partial charge in [-0.15, -0.1) is 6.58 Å². The van der Waals surface area contributed by atoms with Crippen molar-refractivity contribution < 1.29 is 42.5 Å². The van der Waals surface area contributed by atoms with Crippen molar-refractivity contribution in [3.8, 4) is 0 Å². The van der Waals surface area contributed by atoms with E-state index in [0.717, 1.165) is 32.1 Å². The van der Waals surface area contributed by atoms with E-state index in [1.54, 1.807) is 0 Å². The van der Waals surface area contributed by atoms with Crippen molar-refractivity contribution in [3.63, 3.8) is 0 Å². The predicted octanol–water partition coefficient (Wildman–Crippen LogP) is -0.938. The molecule has 0 rings (SSSR count). The number of hydrogen-bond donors (Lipinski definition) is 0. The molecule has 0 aromatic rings. The largest absolute Gasteiger partial charge is 1.00 e. The van der Waals surface area contributed by atoms with E-state index < -0.39 is 10.1 Å². The molecule has 0 saturated carbocycles. The molecule has 0 aromatic heterocycles. The topological polar surface area (TPSA) is 57.2 Å². The second kappa shape index (κ2) is 10.2. The minimum Gasteiger partial charge on any atom is -0.748 e. The first kappa shape index (κ1) is 17.1. The molecule has 0 aromatic carbocycles. The molecular formula is C9H17NaO3S. The fourth-order valence-corrected chi connectivity index (χ4v) is 1.66. The van der Waals surface area contributed by atoms with Gasteiger partial charge in [0.15, 0.2) is 0 Å². The van der Waals surface area contributed by atoms with Gasteiger partial charge in [-0.1, -0.05) is 25.3 Å². The summed E-state index contributed by atoms with van der Waals surface area (Å²) in [6.45, 7) is 3.61. The summed E-state index contributed by atoms with van der Waals surface area (Å²) in [5.74, 6) is -0.214. The van der Waals surface area contributed by atoms with Crippen molar-refractivity contribution >= 4 is 10.1 Å². The van der Waals surface area contributed by atoms with Gasteiger partial charge in [0.05, 0.1) is 10.1 Å². The summed E-state index contributed by atoms with van der Waals surface area (Å²) in [5, 5.41) is 0. The SMILES string of the molecule is C=CCCCCCCCS(=O)(=O)[O-].[Na+]. The van der Waals surface area contributed by atoms with E-state index in [4.69, 9.17) is 0 Å². The van der Waals surface area contributed by atoms with E-state index in [1.807, 2.05) is 6.08 Å². The third kappa shape index (κ3) is 15.1. The number of rotatable bonds is 8. The Kier molecular flexibility index (Phi) is 12.4. The van der Waals surface area contributed by atoms with Crippen LogP contribution in [0.5, 0.6) is 0 Å². The van der Waals surface area contributed by atoms with E-state index in [2.05, 4.69) is 6.58 Å². The Bertz CT molecular complexity index is 224. The Morgan fingerprint density at radius 1 is 1.07 bits per heavy atom. The standard InChI is InChI=1S/C9H18O3S.Na/c1-2-3-4-5-6-7-8-9-13(10,11)12;/h2H,1,3-9H2,(H,10,11,12);/q;+1/p-1. The predicted molar refractivity (Wildman–Crippen MR) is 52.5 cm³/mol. The van der Waals surface area contributed by atoms with Crippen LogP contribution in [0.1, 0.15) is 38.5 Å². The van der Waals surface area contributed by atoms with Crippen LogP contribution in [0.4, 0.5) is 0 Å². The zero-order valence-electron chi connectivity index (χ0n) is 8.87. The van der Waals surface area contributed by atoms with Crippen LogP contribution < -0.4 is 29.6 Å². The summed E-state index contributed by atoms with van der Waals surface area (Å²) in [6, 6.07) is 0. The van der Waals surface area contributed by atoms with Crippen molar-refractivity contribution in [2.45, 2.75) is 38.5 Å². The van der Waals surface area contributed by atoms with Gasteiger partial charge >= 0.3 is 29.6 Å². The maximum atomic E-state index is 10.2. The summed E-state index contributed by atoms with van der Waals surface area (Å²) >= 11 is 0. The molecule has 0 aliphatic rings. The van der Waals surface area contributed by atoms with Gasteiger partial charge < -0.3 is 4.55 Å². The number of allylic oxidation sites excluding steroid dienone is 1. The van der Waals surface area contributed by atoms with E-state index in [0.29, 0.717) is 6.42 Å². The molecule has 0 saturated heterocycles. The minimum atomic E-state index is -3.99. The average Bonchev–Trinajstić information content (AvgIpc) is 2.01. The maximum Gasteiger partial charge on any atom is 1.00 e. The quantitative estimate of drug-likeness (QED) is 0.233. The van der Waals surface area contributed by atoms with E-state index in [1.165, 1.54) is 0 Å². The molecule has 0 atom stereocenters. The number of hydrogen-bond acceptors (Lipinski definition) is 3. The first-order valence-electron chi connectivity index (χ1n) is 4.61. The third-order valence-electron chi connectivity index (χ3n) is 1.80. The van der Waals surface area contributed by atoms with E-state index >= 15 is 0 Å². The van der Waals surface area contributed by atoms with Crippen LogP contribution in [0.3, 0.4) is 0 Å². The molecule has 78 valence electrons. The van der Waals surface area contributed by atoms with Crippen LogP contribution >= 0.6 is 0 Å². The molecule has 0 aliphatic heterocycles. The molecule has 0 fully saturated rings. The average molecular weight is 228 g/mol. The van der Waals surface area contributed by atoms with E-state index in [-0.39, 0.29) is 35.3 Å². The third-order valence-corrected chi connectivity index (χ3v) is 2.59. The first-order valence-corrected chi connectivity index (χ1v) is 6.18. The molecule has 0 bridgehead atoms. The van der Waals surface area contributed by atoms with Crippen molar-refractivity contribution in [3.05, 3.63) is 12.7 Å². The van der Waals surface area contributed by atoms with Gasteiger partial charge in [-0.25, -0.2) is 8.42 Å². The van der Waals surface area contributed by atoms with Gasteiger partial charge in [0.2, 0.25) is 0 Å². The summed E-state index contributed by atoms with van der Waals surface area (Å²) in [7, 11) is -3.99. The van der Waals surface area contributed by atoms with Crippen molar-refractivity contribution in [2.75, 3.05) is 5.75 Å². The fraction of sp³-hybridized carbons (Fsp3) is 0.778. The molecule has 0 spiro atoms. The van der Waals surface area contributed by atoms with Gasteiger partial charge in [-0.05, 0) is 19.3 Å². The van der Waals surface area contributed by atoms with Crippen molar-refractivity contribution in [2.24, 2.45) is 0 Å². The Hall–Kier alpha value is 0.650. The van der Waals surface area contributed by atoms with Gasteiger partial charge in [0.25, 0.3) is 0 Å². The second-order valence-electron chi connectivity index (χ2n) is 3.11. The van der Waals surface area contributed by atoms with Gasteiger partial charge in [-0.3, -0.25) is 0 Å². The fourth-order valence-electron chi connectivity index (χ4n) is 1.10. The first-order chi connectivity index (χ1) is 6.06. The van der Waals surface area contributed by atoms with Crippen LogP contribution in [0, 0.1) is 0 Å². The molecule has 0 heterocycles. The Balaban J connectivity index is 0. The summed E-state index contributed by atoms with van der Waals surface area (Å²) < 4.78 is 30.6. The molecular weight excluding hydrogens is 211 g/mol. The van der Waals surface area contributed by atoms with Gasteiger partial charge in [-0.2, -0.15) is 0 Å². The normalized spacial score (nSPS) is 10.6. The molecule has 5 heteroatoms. The maximum absolute atomic E-state index is 10.2. The smallest absolute Gasteiger partial charge is 0.748 e. The molecule has 14 heavy (non-hydrogen) atoms. The van der Waals surface area contributed by atoms with E-state index in [9.17, 15) is 13.0 Å². The molecule has 0 amide bonds. The van der Waals surface area contributed by atoms with Crippen LogP contribution in [0.25, 0.3) is 0 Å². The molecule has 0 N–H and O–H groups in total. The number of unbranched alkanes of at least 4 members (excludes halogenated alkanes) is 5. The van der Waals surface area contributed by atoms with Crippen LogP contribution in [-0.4, -0.2) is 18.7 Å². The Morgan fingerprint density at radius 2 is 1.57 bits per heavy atom. The van der Waals surface area contributed by atoms with Gasteiger partial charge in [0, 0.05) is 5.75 Å². The van der Waals surface area contributed by atoms with Crippen LogP contribution in [0.2, 0.25) is 0 Å². The monoisotopic (exact) mass is 228 g/mol. The minimum absolute atomic E-state index is 0. The molecule has 0 aliphatic carbocycles. The molecule has 0 radical (unpaired) electrons. The van der Waals surface area contributed by atoms with Crippen LogP contribution in [-0.2, 0) is 10.1 Å². The summed E-state index contributed by atoms with van der Waals surface area (Å²) in [4.78, 5) is 0. The van der Waals surface area contributed by atoms with Crippen LogP contribution in [0.15, 0.2) is 12.7 Å². The van der Waals surface area contributed by atoms with Crippen molar-refractivity contribution in [1.29, 1.82) is 0 Å². The Morgan fingerprint density at radius 3 is 2.07 bits per heavy atom. The second-order valence-corrected chi connectivity index (χ2v) is 4.63. The van der Waals surface area contributed by atoms with Crippen molar-refractivity contribution in [1.82, 2.24) is 0 Å². The molecule has 0 unspecified atom stereocenters. The Labute approximate surface area is 109 Å². The zero-order chi connectivity index (χ0) is 10.2. The summed E-state index contributed by atoms with van der Waals surface area (Å²) in [6.07, 6.45) is 7.42. The zero-order valence-corrected chi connectivity index (χ0v) is 11.7. The molecule has 3 nitrogen and oxygen atoms in total. The summed E-state index contributed by atoms with van der Waals surface area (Å²) in [5.41, 5.74) is 0. The van der Waals surface area contributed by atoms with Gasteiger partial charge in [0.1, 0.15) is 0 Å².